The molecule has 2 heteroatoms. The predicted octanol–water partition coefficient (Wildman–Crippen LogP) is 0.997. The molecular weight excluding hydrogens is 104 g/mol. The highest BCUT2D eigenvalue weighted by atomic mass is 16.6. The van der Waals surface area contributed by atoms with Crippen molar-refractivity contribution in [3.8, 4) is 0 Å². The third-order valence-corrected chi connectivity index (χ3v) is 1.41. The van der Waals surface area contributed by atoms with Gasteiger partial charge in [0, 0.05) is 5.92 Å². The molecule has 1 N–H and O–H groups in total. The zero-order chi connectivity index (χ0) is 5.28. The number of ether oxygens (including phenoxy) is 1. The van der Waals surface area contributed by atoms with Gasteiger partial charge in [0.15, 0.2) is 6.29 Å². The van der Waals surface area contributed by atoms with E-state index in [0.717, 1.165) is 13.0 Å². The van der Waals surface area contributed by atoms with Gasteiger partial charge in [-0.25, -0.2) is 0 Å². The summed E-state index contributed by atoms with van der Waals surface area (Å²) < 4.78 is 4.69. The van der Waals surface area contributed by atoms with Gasteiger partial charge >= 0.3 is 0 Å². The first-order valence-corrected chi connectivity index (χ1v) is 2.64. The van der Waals surface area contributed by atoms with Gasteiger partial charge in [-0.2, -0.15) is 0 Å². The predicted molar refractivity (Wildman–Crippen MR) is 32.5 cm³/mol. The summed E-state index contributed by atoms with van der Waals surface area (Å²) in [7, 11) is 0. The number of aliphatic hydroxyl groups excluding tert-OH is 1. The maximum Gasteiger partial charge on any atom is 0.159 e. The lowest BCUT2D eigenvalue weighted by Crippen LogP contribution is -2.38. The van der Waals surface area contributed by atoms with Crippen molar-refractivity contribution in [3.05, 3.63) is 0 Å². The number of rotatable bonds is 1. The maximum absolute atomic E-state index is 8.69. The van der Waals surface area contributed by atoms with E-state index in [1.54, 1.807) is 0 Å². The Labute approximate surface area is 50.5 Å². The highest BCUT2D eigenvalue weighted by molar-refractivity contribution is 4.66. The number of aliphatic hydroxyl groups is 1. The van der Waals surface area contributed by atoms with Gasteiger partial charge in [0.2, 0.25) is 0 Å². The molecule has 0 radical (unpaired) electrons. The molecule has 2 nitrogen and oxygen atoms in total. The van der Waals surface area contributed by atoms with Crippen LogP contribution >= 0.6 is 0 Å². The van der Waals surface area contributed by atoms with Crippen LogP contribution in [0.15, 0.2) is 0 Å². The fraction of sp³-hybridized carbons (Fsp3) is 1.00. The van der Waals surface area contributed by atoms with Crippen molar-refractivity contribution in [2.75, 3.05) is 6.61 Å². The zero-order valence-electron chi connectivity index (χ0n) is 4.42. The fourth-order valence-electron chi connectivity index (χ4n) is 0.638. The highest BCUT2D eigenvalue weighted by Gasteiger charge is 2.27. The minimum absolute atomic E-state index is 0. The molecule has 1 aliphatic heterocycles. The van der Waals surface area contributed by atoms with Gasteiger partial charge in [-0.15, -0.1) is 0 Å². The molecule has 50 valence electrons. The van der Waals surface area contributed by atoms with Crippen LogP contribution in [0.5, 0.6) is 0 Å². The number of hydrogen-bond donors (Lipinski definition) is 1. The highest BCUT2D eigenvalue weighted by Crippen LogP contribution is 2.19. The second kappa shape index (κ2) is 3.05. The molecule has 2 unspecified atom stereocenters. The Bertz CT molecular complexity index is 61.5. The molecule has 1 aliphatic rings. The Morgan fingerprint density at radius 1 is 1.75 bits per heavy atom. The van der Waals surface area contributed by atoms with Crippen molar-refractivity contribution < 1.29 is 9.84 Å². The van der Waals surface area contributed by atoms with E-state index in [0.29, 0.717) is 5.92 Å². The third-order valence-electron chi connectivity index (χ3n) is 1.41. The van der Waals surface area contributed by atoms with Crippen LogP contribution in [-0.2, 0) is 4.74 Å². The lowest BCUT2D eigenvalue weighted by atomic mass is 10.0. The second-order valence-electron chi connectivity index (χ2n) is 1.89. The lowest BCUT2D eigenvalue weighted by Gasteiger charge is -2.31. The summed E-state index contributed by atoms with van der Waals surface area (Å²) in [6, 6.07) is 0. The molecule has 0 aromatic rings. The van der Waals surface area contributed by atoms with Crippen molar-refractivity contribution in [2.45, 2.75) is 27.1 Å². The lowest BCUT2D eigenvalue weighted by molar-refractivity contribution is -0.232. The minimum Gasteiger partial charge on any atom is -0.368 e. The molecule has 0 aliphatic carbocycles. The Hall–Kier alpha value is -0.0800. The summed E-state index contributed by atoms with van der Waals surface area (Å²) in [6.45, 7) is 2.80. The molecule has 0 bridgehead atoms. The van der Waals surface area contributed by atoms with Crippen LogP contribution in [0, 0.1) is 5.92 Å². The molecule has 0 saturated carbocycles. The summed E-state index contributed by atoms with van der Waals surface area (Å²) in [5.41, 5.74) is 0. The molecule has 1 rings (SSSR count). The standard InChI is InChI=1S/C5H10O2.CH4/c1-2-4-3-7-5(4)6;/h4-6H,2-3H2,1H3;1H4. The Kier molecular flexibility index (Phi) is 3.02. The summed E-state index contributed by atoms with van der Waals surface area (Å²) in [6.07, 6.45) is 0.575. The summed E-state index contributed by atoms with van der Waals surface area (Å²) in [5.74, 6) is 0.417. The average molecular weight is 118 g/mol. The van der Waals surface area contributed by atoms with Crippen LogP contribution in [0.4, 0.5) is 0 Å². The second-order valence-corrected chi connectivity index (χ2v) is 1.89. The van der Waals surface area contributed by atoms with Gasteiger partial charge in [-0.3, -0.25) is 0 Å². The first-order chi connectivity index (χ1) is 3.34. The minimum atomic E-state index is -0.454. The molecular formula is C6H14O2. The van der Waals surface area contributed by atoms with E-state index in [4.69, 9.17) is 5.11 Å². The van der Waals surface area contributed by atoms with Crippen molar-refractivity contribution in [2.24, 2.45) is 5.92 Å². The van der Waals surface area contributed by atoms with E-state index in [1.807, 2.05) is 0 Å². The average Bonchev–Trinajstić information content (AvgIpc) is 1.65. The SMILES string of the molecule is C.CCC1COC1O. The van der Waals surface area contributed by atoms with E-state index in [1.165, 1.54) is 0 Å². The Balaban J connectivity index is 0.000000490. The molecule has 0 amide bonds. The van der Waals surface area contributed by atoms with Gasteiger partial charge in [0.25, 0.3) is 0 Å². The van der Waals surface area contributed by atoms with E-state index >= 15 is 0 Å². The third kappa shape index (κ3) is 1.20. The van der Waals surface area contributed by atoms with Crippen LogP contribution in [0.2, 0.25) is 0 Å². The molecule has 0 spiro atoms. The molecule has 1 saturated heterocycles. The fourth-order valence-corrected chi connectivity index (χ4v) is 0.638. The van der Waals surface area contributed by atoms with Crippen LogP contribution < -0.4 is 0 Å². The zero-order valence-corrected chi connectivity index (χ0v) is 4.42. The van der Waals surface area contributed by atoms with Crippen molar-refractivity contribution in [1.29, 1.82) is 0 Å². The van der Waals surface area contributed by atoms with E-state index in [2.05, 4.69) is 11.7 Å². The van der Waals surface area contributed by atoms with Crippen LogP contribution in [0.3, 0.4) is 0 Å². The van der Waals surface area contributed by atoms with Crippen LogP contribution in [-0.4, -0.2) is 18.0 Å². The van der Waals surface area contributed by atoms with Gasteiger partial charge < -0.3 is 9.84 Å². The smallest absolute Gasteiger partial charge is 0.159 e. The summed E-state index contributed by atoms with van der Waals surface area (Å²) >= 11 is 0. The Morgan fingerprint density at radius 3 is 2.38 bits per heavy atom. The normalized spacial score (nSPS) is 35.2. The Morgan fingerprint density at radius 2 is 2.38 bits per heavy atom. The van der Waals surface area contributed by atoms with Gasteiger partial charge in [0.05, 0.1) is 6.61 Å². The first kappa shape index (κ1) is 7.92. The molecule has 0 aromatic heterocycles. The molecule has 1 heterocycles. The molecule has 2 atom stereocenters. The van der Waals surface area contributed by atoms with Crippen LogP contribution in [0.25, 0.3) is 0 Å². The largest absolute Gasteiger partial charge is 0.368 e. The van der Waals surface area contributed by atoms with E-state index < -0.39 is 6.29 Å². The van der Waals surface area contributed by atoms with Crippen molar-refractivity contribution in [1.82, 2.24) is 0 Å². The van der Waals surface area contributed by atoms with Crippen molar-refractivity contribution >= 4 is 0 Å². The number of hydrogen-bond acceptors (Lipinski definition) is 2. The molecule has 8 heavy (non-hydrogen) atoms. The quantitative estimate of drug-likeness (QED) is 0.556. The van der Waals surface area contributed by atoms with Crippen LogP contribution in [0.1, 0.15) is 20.8 Å². The maximum atomic E-state index is 8.69. The van der Waals surface area contributed by atoms with Gasteiger partial charge in [0.1, 0.15) is 0 Å². The monoisotopic (exact) mass is 118 g/mol. The molecule has 0 aromatic carbocycles. The van der Waals surface area contributed by atoms with E-state index in [9.17, 15) is 0 Å². The topological polar surface area (TPSA) is 29.5 Å². The summed E-state index contributed by atoms with van der Waals surface area (Å²) in [4.78, 5) is 0. The first-order valence-electron chi connectivity index (χ1n) is 2.64. The molecule has 1 fully saturated rings. The van der Waals surface area contributed by atoms with E-state index in [-0.39, 0.29) is 7.43 Å². The van der Waals surface area contributed by atoms with Gasteiger partial charge in [-0.05, 0) is 6.42 Å². The van der Waals surface area contributed by atoms with Gasteiger partial charge in [-0.1, -0.05) is 14.4 Å². The van der Waals surface area contributed by atoms with Crippen molar-refractivity contribution in [3.63, 3.8) is 0 Å². The summed E-state index contributed by atoms with van der Waals surface area (Å²) in [5, 5.41) is 8.69.